The van der Waals surface area contributed by atoms with Crippen LogP contribution in [0.1, 0.15) is 84.0 Å². The number of carboxylic acid groups (broad SMARTS) is 1. The Morgan fingerprint density at radius 2 is 1.17 bits per heavy atom. The van der Waals surface area contributed by atoms with Crippen LogP contribution in [0, 0.1) is 68.0 Å². The molecule has 160 valence electrons. The average molecular weight is 409 g/mol. The molecular weight excluding hydrogens is 376 g/mol. The van der Waals surface area contributed by atoms with Gasteiger partial charge in [0.25, 0.3) is 0 Å². The highest BCUT2D eigenvalue weighted by Crippen LogP contribution is 2.55. The second-order valence-electron chi connectivity index (χ2n) is 8.21. The van der Waals surface area contributed by atoms with Crippen molar-refractivity contribution in [2.75, 3.05) is 0 Å². The van der Waals surface area contributed by atoms with Gasteiger partial charge in [-0.15, -0.1) is 0 Å². The predicted molar refractivity (Wildman–Crippen MR) is 112 cm³/mol. The number of nitriles is 4. The van der Waals surface area contributed by atoms with Gasteiger partial charge in [0.2, 0.25) is 0 Å². The van der Waals surface area contributed by atoms with Crippen LogP contribution in [-0.4, -0.2) is 11.1 Å². The van der Waals surface area contributed by atoms with E-state index < -0.39 is 28.6 Å². The monoisotopic (exact) mass is 408 g/mol. The molecule has 0 amide bonds. The van der Waals surface area contributed by atoms with Crippen LogP contribution in [0.15, 0.2) is 12.2 Å². The van der Waals surface area contributed by atoms with Crippen LogP contribution < -0.4 is 0 Å². The van der Waals surface area contributed by atoms with E-state index in [1.165, 1.54) is 0 Å². The lowest BCUT2D eigenvalue weighted by Gasteiger charge is -2.43. The molecule has 0 aromatic heterocycles. The van der Waals surface area contributed by atoms with E-state index in [9.17, 15) is 25.8 Å². The van der Waals surface area contributed by atoms with Crippen LogP contribution in [0.3, 0.4) is 0 Å². The quantitative estimate of drug-likeness (QED) is 0.309. The summed E-state index contributed by atoms with van der Waals surface area (Å²) >= 11 is 0. The Morgan fingerprint density at radius 3 is 1.57 bits per heavy atom. The van der Waals surface area contributed by atoms with Crippen LogP contribution in [-0.2, 0) is 4.79 Å². The Hall–Kier alpha value is -2.83. The van der Waals surface area contributed by atoms with Crippen LogP contribution in [0.2, 0.25) is 0 Å². The average Bonchev–Trinajstić information content (AvgIpc) is 2.75. The van der Waals surface area contributed by atoms with Gasteiger partial charge in [-0.2, -0.15) is 21.0 Å². The van der Waals surface area contributed by atoms with Crippen molar-refractivity contribution in [2.45, 2.75) is 84.0 Å². The molecule has 0 fully saturated rings. The summed E-state index contributed by atoms with van der Waals surface area (Å²) in [5, 5.41) is 48.6. The third-order valence-corrected chi connectivity index (χ3v) is 6.29. The largest absolute Gasteiger partial charge is 0.481 e. The van der Waals surface area contributed by atoms with Gasteiger partial charge < -0.3 is 5.11 Å². The van der Waals surface area contributed by atoms with Crippen molar-refractivity contribution >= 4 is 5.97 Å². The number of nitrogens with zero attached hydrogens (tertiary/aromatic N) is 4. The minimum atomic E-state index is -1.68. The van der Waals surface area contributed by atoms with Gasteiger partial charge in [-0.05, 0) is 19.3 Å². The molecule has 30 heavy (non-hydrogen) atoms. The molecule has 0 aromatic rings. The minimum Gasteiger partial charge on any atom is -0.481 e. The van der Waals surface area contributed by atoms with E-state index in [0.717, 1.165) is 51.4 Å². The number of hydrogen-bond donors (Lipinski definition) is 1. The molecule has 0 spiro atoms. The first kappa shape index (κ1) is 25.2. The van der Waals surface area contributed by atoms with E-state index in [1.54, 1.807) is 0 Å². The van der Waals surface area contributed by atoms with Gasteiger partial charge in [0.15, 0.2) is 10.8 Å². The van der Waals surface area contributed by atoms with Crippen molar-refractivity contribution in [2.24, 2.45) is 22.7 Å². The zero-order valence-corrected chi connectivity index (χ0v) is 17.9. The fraction of sp³-hybridized carbons (Fsp3) is 0.708. The highest BCUT2D eigenvalue weighted by molar-refractivity contribution is 5.66. The number of unbranched alkanes of at least 4 members (excludes halogenated alkanes) is 7. The van der Waals surface area contributed by atoms with Gasteiger partial charge in [0.1, 0.15) is 0 Å². The Balaban J connectivity index is 2.89. The number of rotatable bonds is 13. The fourth-order valence-corrected chi connectivity index (χ4v) is 4.46. The maximum atomic E-state index is 10.6. The molecule has 1 aliphatic rings. The molecule has 0 heterocycles. The van der Waals surface area contributed by atoms with Gasteiger partial charge in [-0.25, -0.2) is 0 Å². The van der Waals surface area contributed by atoms with Crippen LogP contribution in [0.4, 0.5) is 0 Å². The maximum absolute atomic E-state index is 10.6. The second kappa shape index (κ2) is 12.7. The number of aliphatic carboxylic acids is 1. The van der Waals surface area contributed by atoms with E-state index in [-0.39, 0.29) is 6.42 Å². The number of carbonyl (C=O) groups is 1. The topological polar surface area (TPSA) is 132 Å². The van der Waals surface area contributed by atoms with Crippen molar-refractivity contribution in [1.82, 2.24) is 0 Å². The summed E-state index contributed by atoms with van der Waals surface area (Å²) in [7, 11) is 0. The van der Waals surface area contributed by atoms with Gasteiger partial charge in [0.05, 0.1) is 24.3 Å². The molecule has 1 N–H and O–H groups in total. The van der Waals surface area contributed by atoms with Crippen LogP contribution in [0.5, 0.6) is 0 Å². The molecule has 1 rings (SSSR count). The summed E-state index contributed by atoms with van der Waals surface area (Å²) in [5.41, 5.74) is -3.34. The standard InChI is InChI=1S/C24H32N4O2/c1-2-3-4-8-11-20-14-15-21(12-9-6-5-7-10-13-22(29)30)24(18-27,19-28)23(20,16-25)17-26/h14-15,20-21H,2-13H2,1H3,(H,29,30)/t20-,21+/m0/s1. The Morgan fingerprint density at radius 1 is 0.767 bits per heavy atom. The van der Waals surface area contributed by atoms with E-state index >= 15 is 0 Å². The SMILES string of the molecule is CCCCCC[C@H]1C=C[C@@H](CCCCCCCC(=O)O)C(C#N)(C#N)C1(C#N)C#N. The lowest BCUT2D eigenvalue weighted by molar-refractivity contribution is -0.137. The summed E-state index contributed by atoms with van der Waals surface area (Å²) in [5.74, 6) is -1.67. The fourth-order valence-electron chi connectivity index (χ4n) is 4.46. The van der Waals surface area contributed by atoms with E-state index in [2.05, 4.69) is 31.2 Å². The van der Waals surface area contributed by atoms with Crippen molar-refractivity contribution in [3.05, 3.63) is 12.2 Å². The third-order valence-electron chi connectivity index (χ3n) is 6.29. The highest BCUT2D eigenvalue weighted by atomic mass is 16.4. The van der Waals surface area contributed by atoms with E-state index in [0.29, 0.717) is 19.3 Å². The lowest BCUT2D eigenvalue weighted by Crippen LogP contribution is -2.50. The first-order valence-corrected chi connectivity index (χ1v) is 11.0. The van der Waals surface area contributed by atoms with Crippen molar-refractivity contribution in [3.63, 3.8) is 0 Å². The first-order valence-electron chi connectivity index (χ1n) is 11.0. The number of allylic oxidation sites excluding steroid dienone is 2. The number of hydrogen-bond acceptors (Lipinski definition) is 5. The van der Waals surface area contributed by atoms with Crippen molar-refractivity contribution < 1.29 is 9.90 Å². The molecule has 0 radical (unpaired) electrons. The Labute approximate surface area is 180 Å². The van der Waals surface area contributed by atoms with E-state index in [4.69, 9.17) is 5.11 Å². The molecule has 1 aliphatic carbocycles. The molecule has 6 nitrogen and oxygen atoms in total. The van der Waals surface area contributed by atoms with Gasteiger partial charge >= 0.3 is 5.97 Å². The highest BCUT2D eigenvalue weighted by Gasteiger charge is 2.63. The minimum absolute atomic E-state index is 0.170. The molecule has 0 saturated carbocycles. The summed E-state index contributed by atoms with van der Waals surface area (Å²) < 4.78 is 0. The molecule has 0 bridgehead atoms. The Kier molecular flexibility index (Phi) is 10.6. The smallest absolute Gasteiger partial charge is 0.303 e. The molecule has 0 aliphatic heterocycles. The lowest BCUT2D eigenvalue weighted by atomic mass is 9.50. The molecule has 0 aromatic carbocycles. The number of carboxylic acids is 1. The second-order valence-corrected chi connectivity index (χ2v) is 8.21. The molecule has 0 unspecified atom stereocenters. The summed E-state index contributed by atoms with van der Waals surface area (Å²) in [6, 6.07) is 8.38. The molecule has 0 saturated heterocycles. The Bertz CT molecular complexity index is 732. The van der Waals surface area contributed by atoms with Crippen molar-refractivity contribution in [3.8, 4) is 24.3 Å². The predicted octanol–water partition coefficient (Wildman–Crippen LogP) is 5.64. The summed E-state index contributed by atoms with van der Waals surface area (Å²) in [6.07, 6.45) is 13.2. The van der Waals surface area contributed by atoms with Crippen LogP contribution >= 0.6 is 0 Å². The zero-order chi connectivity index (χ0) is 22.5. The van der Waals surface area contributed by atoms with Crippen LogP contribution in [0.25, 0.3) is 0 Å². The molecule has 6 heteroatoms. The maximum Gasteiger partial charge on any atom is 0.303 e. The molecular formula is C24H32N4O2. The first-order chi connectivity index (χ1) is 14.5. The summed E-state index contributed by atoms with van der Waals surface area (Å²) in [6.45, 7) is 2.11. The van der Waals surface area contributed by atoms with Gasteiger partial charge in [0, 0.05) is 18.3 Å². The molecule has 2 atom stereocenters. The van der Waals surface area contributed by atoms with E-state index in [1.807, 2.05) is 12.2 Å². The van der Waals surface area contributed by atoms with Crippen molar-refractivity contribution in [1.29, 1.82) is 21.0 Å². The zero-order valence-electron chi connectivity index (χ0n) is 17.9. The normalized spacial score (nSPS) is 21.0. The summed E-state index contributed by atoms with van der Waals surface area (Å²) in [4.78, 5) is 10.6. The van der Waals surface area contributed by atoms with Gasteiger partial charge in [-0.3, -0.25) is 4.79 Å². The van der Waals surface area contributed by atoms with Gasteiger partial charge in [-0.1, -0.05) is 70.4 Å². The third kappa shape index (κ3) is 5.62.